The van der Waals surface area contributed by atoms with Gasteiger partial charge in [-0.05, 0) is 41.5 Å². The average molecular weight is 449 g/mol. The largest absolute Gasteiger partial charge is 0.348 e. The average Bonchev–Trinajstić information content (AvgIpc) is 2.80. The molecule has 0 spiro atoms. The molecule has 1 atom stereocenters. The lowest BCUT2D eigenvalue weighted by Crippen LogP contribution is -2.51. The van der Waals surface area contributed by atoms with Gasteiger partial charge < -0.3 is 10.6 Å². The first kappa shape index (κ1) is 22.9. The summed E-state index contributed by atoms with van der Waals surface area (Å²) in [5, 5.41) is 8.16. The molecule has 0 bridgehead atoms. The fourth-order valence-electron chi connectivity index (χ4n) is 4.27. The van der Waals surface area contributed by atoms with Crippen molar-refractivity contribution in [2.24, 2.45) is 0 Å². The van der Waals surface area contributed by atoms with Gasteiger partial charge in [-0.3, -0.25) is 19.4 Å². The lowest BCUT2D eigenvalue weighted by Gasteiger charge is -2.34. The number of fused-ring (bicyclic) bond motifs is 1. The number of carbonyl (C=O) groups excluding carboxylic acids is 2. The first-order chi connectivity index (χ1) is 16.0. The molecule has 1 heterocycles. The van der Waals surface area contributed by atoms with Gasteiger partial charge in [-0.2, -0.15) is 0 Å². The summed E-state index contributed by atoms with van der Waals surface area (Å²) < 4.78 is 13.3. The van der Waals surface area contributed by atoms with E-state index in [1.165, 1.54) is 12.1 Å². The maximum Gasteiger partial charge on any atom is 0.238 e. The second kappa shape index (κ2) is 10.6. The van der Waals surface area contributed by atoms with Crippen LogP contribution in [0.3, 0.4) is 0 Å². The lowest BCUT2D eigenvalue weighted by molar-refractivity contribution is -0.124. The topological polar surface area (TPSA) is 64.7 Å². The van der Waals surface area contributed by atoms with Gasteiger partial charge >= 0.3 is 0 Å². The van der Waals surface area contributed by atoms with E-state index >= 15 is 0 Å². The number of nitrogens with zero attached hydrogens (tertiary/aromatic N) is 2. The molecule has 0 unspecified atom stereocenters. The molecule has 7 heteroatoms. The summed E-state index contributed by atoms with van der Waals surface area (Å²) >= 11 is 0. The highest BCUT2D eigenvalue weighted by molar-refractivity contribution is 5.92. The predicted octanol–water partition coefficient (Wildman–Crippen LogP) is 3.41. The summed E-state index contributed by atoms with van der Waals surface area (Å²) in [5.74, 6) is -0.558. The molecule has 33 heavy (non-hydrogen) atoms. The minimum Gasteiger partial charge on any atom is -0.348 e. The molecule has 172 valence electrons. The van der Waals surface area contributed by atoms with Crippen molar-refractivity contribution in [2.75, 3.05) is 44.6 Å². The summed E-state index contributed by atoms with van der Waals surface area (Å²) in [7, 11) is 0. The molecule has 3 aromatic carbocycles. The summed E-state index contributed by atoms with van der Waals surface area (Å²) in [6.45, 7) is 5.40. The third kappa shape index (κ3) is 6.15. The normalized spacial score (nSPS) is 15.8. The molecular weight excluding hydrogens is 419 g/mol. The van der Waals surface area contributed by atoms with E-state index in [9.17, 15) is 14.0 Å². The maximum absolute atomic E-state index is 13.3. The third-order valence-corrected chi connectivity index (χ3v) is 5.98. The van der Waals surface area contributed by atoms with E-state index in [0.29, 0.717) is 38.4 Å². The van der Waals surface area contributed by atoms with Gasteiger partial charge in [-0.25, -0.2) is 4.39 Å². The predicted molar refractivity (Wildman–Crippen MR) is 128 cm³/mol. The summed E-state index contributed by atoms with van der Waals surface area (Å²) in [5.41, 5.74) is 1.56. The zero-order chi connectivity index (χ0) is 23.2. The SMILES string of the molecule is C[C@H](NC(=O)CN1CCN(CC(=O)Nc2cccc(F)c2)CC1)c1cccc2ccccc12. The van der Waals surface area contributed by atoms with E-state index in [2.05, 4.69) is 39.8 Å². The maximum atomic E-state index is 13.3. The van der Waals surface area contributed by atoms with Gasteiger partial charge in [0.25, 0.3) is 0 Å². The van der Waals surface area contributed by atoms with Crippen molar-refractivity contribution in [3.63, 3.8) is 0 Å². The lowest BCUT2D eigenvalue weighted by atomic mass is 10.00. The zero-order valence-electron chi connectivity index (χ0n) is 18.8. The Morgan fingerprint density at radius 2 is 1.52 bits per heavy atom. The Balaban J connectivity index is 1.22. The molecule has 1 aliphatic heterocycles. The molecule has 0 aromatic heterocycles. The van der Waals surface area contributed by atoms with Gasteiger partial charge in [-0.1, -0.05) is 48.5 Å². The summed E-state index contributed by atoms with van der Waals surface area (Å²) in [4.78, 5) is 29.1. The van der Waals surface area contributed by atoms with Crippen LogP contribution in [-0.4, -0.2) is 60.9 Å². The van der Waals surface area contributed by atoms with Crippen LogP contribution in [0.2, 0.25) is 0 Å². The molecule has 3 aromatic rings. The molecule has 2 amide bonds. The number of benzene rings is 3. The highest BCUT2D eigenvalue weighted by Crippen LogP contribution is 2.24. The van der Waals surface area contributed by atoms with E-state index in [1.54, 1.807) is 12.1 Å². The molecule has 6 nitrogen and oxygen atoms in total. The van der Waals surface area contributed by atoms with E-state index in [1.807, 2.05) is 30.0 Å². The van der Waals surface area contributed by atoms with Crippen LogP contribution in [0, 0.1) is 5.82 Å². The monoisotopic (exact) mass is 448 g/mol. The van der Waals surface area contributed by atoms with Gasteiger partial charge in [-0.15, -0.1) is 0 Å². The molecule has 0 radical (unpaired) electrons. The molecule has 2 N–H and O–H groups in total. The number of rotatable bonds is 7. The van der Waals surface area contributed by atoms with Gasteiger partial charge in [0.1, 0.15) is 5.82 Å². The Hall–Kier alpha value is -3.29. The highest BCUT2D eigenvalue weighted by Gasteiger charge is 2.21. The zero-order valence-corrected chi connectivity index (χ0v) is 18.8. The molecule has 4 rings (SSSR count). The third-order valence-electron chi connectivity index (χ3n) is 5.98. The van der Waals surface area contributed by atoms with Crippen LogP contribution < -0.4 is 10.6 Å². The van der Waals surface area contributed by atoms with Crippen LogP contribution >= 0.6 is 0 Å². The van der Waals surface area contributed by atoms with E-state index in [0.717, 1.165) is 16.3 Å². The molecule has 0 saturated carbocycles. The van der Waals surface area contributed by atoms with Crippen molar-refractivity contribution in [1.29, 1.82) is 0 Å². The van der Waals surface area contributed by atoms with Crippen molar-refractivity contribution in [3.8, 4) is 0 Å². The minimum atomic E-state index is -0.380. The Kier molecular flexibility index (Phi) is 7.32. The Morgan fingerprint density at radius 1 is 0.879 bits per heavy atom. The number of hydrogen-bond donors (Lipinski definition) is 2. The summed E-state index contributed by atoms with van der Waals surface area (Å²) in [6, 6.07) is 20.1. The first-order valence-electron chi connectivity index (χ1n) is 11.2. The Morgan fingerprint density at radius 3 is 2.24 bits per heavy atom. The van der Waals surface area contributed by atoms with E-state index in [4.69, 9.17) is 0 Å². The van der Waals surface area contributed by atoms with Crippen molar-refractivity contribution < 1.29 is 14.0 Å². The quantitative estimate of drug-likeness (QED) is 0.582. The van der Waals surface area contributed by atoms with Gasteiger partial charge in [0.05, 0.1) is 19.1 Å². The van der Waals surface area contributed by atoms with Crippen LogP contribution in [-0.2, 0) is 9.59 Å². The summed E-state index contributed by atoms with van der Waals surface area (Å²) in [6.07, 6.45) is 0. The fourth-order valence-corrected chi connectivity index (χ4v) is 4.27. The van der Waals surface area contributed by atoms with Crippen LogP contribution in [0.25, 0.3) is 10.8 Å². The highest BCUT2D eigenvalue weighted by atomic mass is 19.1. The molecule has 1 aliphatic rings. The number of halogens is 1. The second-order valence-electron chi connectivity index (χ2n) is 8.47. The molecular formula is C26H29FN4O2. The molecule has 1 saturated heterocycles. The number of carbonyl (C=O) groups is 2. The first-order valence-corrected chi connectivity index (χ1v) is 11.2. The van der Waals surface area contributed by atoms with E-state index in [-0.39, 0.29) is 30.2 Å². The van der Waals surface area contributed by atoms with Gasteiger partial charge in [0.15, 0.2) is 0 Å². The molecule has 1 fully saturated rings. The second-order valence-corrected chi connectivity index (χ2v) is 8.47. The Labute approximate surface area is 193 Å². The van der Waals surface area contributed by atoms with Crippen molar-refractivity contribution in [1.82, 2.24) is 15.1 Å². The van der Waals surface area contributed by atoms with Crippen LogP contribution in [0.1, 0.15) is 18.5 Å². The van der Waals surface area contributed by atoms with E-state index < -0.39 is 0 Å². The number of piperazine rings is 1. The molecule has 0 aliphatic carbocycles. The van der Waals surface area contributed by atoms with Crippen molar-refractivity contribution in [2.45, 2.75) is 13.0 Å². The number of anilines is 1. The smallest absolute Gasteiger partial charge is 0.238 e. The Bertz CT molecular complexity index is 1120. The number of nitrogens with one attached hydrogen (secondary N) is 2. The van der Waals surface area contributed by atoms with Crippen molar-refractivity contribution in [3.05, 3.63) is 78.1 Å². The number of hydrogen-bond acceptors (Lipinski definition) is 4. The van der Waals surface area contributed by atoms with Gasteiger partial charge in [0, 0.05) is 31.9 Å². The fraction of sp³-hybridized carbons (Fsp3) is 0.308. The van der Waals surface area contributed by atoms with Gasteiger partial charge in [0.2, 0.25) is 11.8 Å². The minimum absolute atomic E-state index is 0.00673. The van der Waals surface area contributed by atoms with Crippen LogP contribution in [0.4, 0.5) is 10.1 Å². The van der Waals surface area contributed by atoms with Crippen LogP contribution in [0.15, 0.2) is 66.7 Å². The standard InChI is InChI=1S/C26H29FN4O2/c1-19(23-11-4-7-20-6-2-3-10-24(20)23)28-25(32)17-30-12-14-31(15-13-30)18-26(33)29-22-9-5-8-21(27)16-22/h2-11,16,19H,12-15,17-18H2,1H3,(H,28,32)(H,29,33)/t19-/m0/s1. The number of amides is 2. The van der Waals surface area contributed by atoms with Crippen molar-refractivity contribution >= 4 is 28.3 Å². The van der Waals surface area contributed by atoms with Crippen LogP contribution in [0.5, 0.6) is 0 Å².